The number of aromatic nitrogens is 2. The van der Waals surface area contributed by atoms with Crippen LogP contribution in [-0.4, -0.2) is 17.1 Å². The summed E-state index contributed by atoms with van der Waals surface area (Å²) in [5.74, 6) is 1.61. The van der Waals surface area contributed by atoms with Gasteiger partial charge in [0.2, 0.25) is 0 Å². The van der Waals surface area contributed by atoms with Crippen LogP contribution in [0.2, 0.25) is 0 Å². The van der Waals surface area contributed by atoms with E-state index in [4.69, 9.17) is 10.5 Å². The summed E-state index contributed by atoms with van der Waals surface area (Å²) in [6, 6.07) is 7.73. The molecule has 1 aromatic carbocycles. The third-order valence-electron chi connectivity index (χ3n) is 2.70. The molecule has 0 spiro atoms. The van der Waals surface area contributed by atoms with Crippen molar-refractivity contribution in [3.8, 4) is 17.0 Å². The van der Waals surface area contributed by atoms with Crippen LogP contribution in [0.1, 0.15) is 24.5 Å². The number of nitrogens with zero attached hydrogens (tertiary/aromatic N) is 1. The van der Waals surface area contributed by atoms with Crippen molar-refractivity contribution >= 4 is 0 Å². The van der Waals surface area contributed by atoms with Gasteiger partial charge in [-0.2, -0.15) is 0 Å². The Morgan fingerprint density at radius 2 is 2.06 bits per heavy atom. The van der Waals surface area contributed by atoms with Crippen molar-refractivity contribution < 1.29 is 4.74 Å². The summed E-state index contributed by atoms with van der Waals surface area (Å²) >= 11 is 0. The summed E-state index contributed by atoms with van der Waals surface area (Å²) in [5, 5.41) is 0. The zero-order chi connectivity index (χ0) is 12.4. The van der Waals surface area contributed by atoms with E-state index in [0.29, 0.717) is 0 Å². The molecule has 17 heavy (non-hydrogen) atoms. The average molecular weight is 231 g/mol. The zero-order valence-electron chi connectivity index (χ0n) is 10.3. The van der Waals surface area contributed by atoms with E-state index in [0.717, 1.165) is 28.5 Å². The Hall–Kier alpha value is -1.81. The topological polar surface area (TPSA) is 63.9 Å². The van der Waals surface area contributed by atoms with Gasteiger partial charge in [0, 0.05) is 11.3 Å². The number of hydrogen-bond acceptors (Lipinski definition) is 3. The first-order valence-corrected chi connectivity index (χ1v) is 5.59. The van der Waals surface area contributed by atoms with Crippen LogP contribution in [0.4, 0.5) is 0 Å². The van der Waals surface area contributed by atoms with Gasteiger partial charge in [0.1, 0.15) is 11.6 Å². The van der Waals surface area contributed by atoms with Crippen molar-refractivity contribution in [1.29, 1.82) is 0 Å². The number of benzene rings is 1. The minimum atomic E-state index is -0.0999. The maximum absolute atomic E-state index is 5.82. The van der Waals surface area contributed by atoms with E-state index in [1.807, 2.05) is 38.1 Å². The minimum absolute atomic E-state index is 0.0999. The number of hydrogen-bond donors (Lipinski definition) is 2. The van der Waals surface area contributed by atoms with Crippen LogP contribution in [0.25, 0.3) is 11.3 Å². The first kappa shape index (κ1) is 11.7. The number of para-hydroxylation sites is 1. The molecule has 0 radical (unpaired) electrons. The van der Waals surface area contributed by atoms with Gasteiger partial charge in [-0.1, -0.05) is 12.1 Å². The highest BCUT2D eigenvalue weighted by atomic mass is 16.5. The molecular formula is C13H17N3O. The number of rotatable bonds is 3. The van der Waals surface area contributed by atoms with Crippen molar-refractivity contribution in [2.45, 2.75) is 19.9 Å². The molecule has 90 valence electrons. The highest BCUT2D eigenvalue weighted by Gasteiger charge is 2.14. The molecule has 0 saturated carbocycles. The van der Waals surface area contributed by atoms with Crippen LogP contribution in [0, 0.1) is 6.92 Å². The van der Waals surface area contributed by atoms with E-state index in [9.17, 15) is 0 Å². The fraction of sp³-hybridized carbons (Fsp3) is 0.308. The Morgan fingerprint density at radius 3 is 2.65 bits per heavy atom. The largest absolute Gasteiger partial charge is 0.496 e. The summed E-state index contributed by atoms with van der Waals surface area (Å²) in [6.07, 6.45) is 0. The number of nitrogens with one attached hydrogen (secondary N) is 1. The van der Waals surface area contributed by atoms with Gasteiger partial charge in [0.05, 0.1) is 18.8 Å². The molecule has 0 aliphatic rings. The lowest BCUT2D eigenvalue weighted by Crippen LogP contribution is -2.06. The van der Waals surface area contributed by atoms with Crippen molar-refractivity contribution in [2.75, 3.05) is 7.11 Å². The first-order chi connectivity index (χ1) is 8.13. The SMILES string of the molecule is COc1ccccc1-c1nc(C(C)N)[nH]c1C. The number of nitrogens with two attached hydrogens (primary N) is 1. The number of ether oxygens (including phenoxy) is 1. The van der Waals surface area contributed by atoms with Crippen molar-refractivity contribution in [1.82, 2.24) is 9.97 Å². The molecule has 0 fully saturated rings. The lowest BCUT2D eigenvalue weighted by molar-refractivity contribution is 0.416. The molecule has 0 aliphatic carbocycles. The summed E-state index contributed by atoms with van der Waals surface area (Å²) in [7, 11) is 1.66. The van der Waals surface area contributed by atoms with Crippen LogP contribution in [0.3, 0.4) is 0 Å². The molecule has 0 bridgehead atoms. The van der Waals surface area contributed by atoms with Gasteiger partial charge in [0.15, 0.2) is 0 Å². The fourth-order valence-corrected chi connectivity index (χ4v) is 1.80. The van der Waals surface area contributed by atoms with Crippen LogP contribution < -0.4 is 10.5 Å². The summed E-state index contributed by atoms with van der Waals surface area (Å²) in [6.45, 7) is 3.89. The summed E-state index contributed by atoms with van der Waals surface area (Å²) < 4.78 is 5.34. The Morgan fingerprint density at radius 1 is 1.35 bits per heavy atom. The second-order valence-electron chi connectivity index (χ2n) is 4.08. The first-order valence-electron chi connectivity index (χ1n) is 5.59. The lowest BCUT2D eigenvalue weighted by atomic mass is 10.1. The molecule has 1 aromatic heterocycles. The van der Waals surface area contributed by atoms with Crippen molar-refractivity contribution in [3.05, 3.63) is 35.8 Å². The molecule has 3 N–H and O–H groups in total. The molecule has 1 atom stereocenters. The van der Waals surface area contributed by atoms with Crippen LogP contribution >= 0.6 is 0 Å². The molecule has 4 nitrogen and oxygen atoms in total. The van der Waals surface area contributed by atoms with Gasteiger partial charge in [-0.05, 0) is 26.0 Å². The second-order valence-corrected chi connectivity index (χ2v) is 4.08. The van der Waals surface area contributed by atoms with Gasteiger partial charge in [0.25, 0.3) is 0 Å². The molecule has 4 heteroatoms. The minimum Gasteiger partial charge on any atom is -0.496 e. The van der Waals surface area contributed by atoms with Crippen LogP contribution in [0.15, 0.2) is 24.3 Å². The van der Waals surface area contributed by atoms with Crippen molar-refractivity contribution in [3.63, 3.8) is 0 Å². The number of H-pyrrole nitrogens is 1. The molecule has 2 aromatic rings. The molecule has 0 saturated heterocycles. The smallest absolute Gasteiger partial charge is 0.128 e. The van der Waals surface area contributed by atoms with Crippen LogP contribution in [-0.2, 0) is 0 Å². The Kier molecular flexibility index (Phi) is 3.15. The summed E-state index contributed by atoms with van der Waals surface area (Å²) in [4.78, 5) is 7.73. The quantitative estimate of drug-likeness (QED) is 0.852. The molecular weight excluding hydrogens is 214 g/mol. The monoisotopic (exact) mass is 231 g/mol. The van der Waals surface area contributed by atoms with E-state index < -0.39 is 0 Å². The molecule has 1 heterocycles. The number of aromatic amines is 1. The zero-order valence-corrected chi connectivity index (χ0v) is 10.3. The number of imidazole rings is 1. The van der Waals surface area contributed by atoms with Gasteiger partial charge in [-0.25, -0.2) is 4.98 Å². The Labute approximate surface area is 101 Å². The van der Waals surface area contributed by atoms with E-state index in [-0.39, 0.29) is 6.04 Å². The van der Waals surface area contributed by atoms with Gasteiger partial charge in [-0.15, -0.1) is 0 Å². The average Bonchev–Trinajstić information content (AvgIpc) is 2.71. The third kappa shape index (κ3) is 2.17. The van der Waals surface area contributed by atoms with E-state index in [1.165, 1.54) is 0 Å². The molecule has 2 rings (SSSR count). The van der Waals surface area contributed by atoms with E-state index in [1.54, 1.807) is 7.11 Å². The Bertz CT molecular complexity index is 517. The fourth-order valence-electron chi connectivity index (χ4n) is 1.80. The lowest BCUT2D eigenvalue weighted by Gasteiger charge is -2.06. The number of aryl methyl sites for hydroxylation is 1. The molecule has 1 unspecified atom stereocenters. The third-order valence-corrected chi connectivity index (χ3v) is 2.70. The number of methoxy groups -OCH3 is 1. The predicted molar refractivity (Wildman–Crippen MR) is 67.9 cm³/mol. The Balaban J connectivity index is 2.52. The van der Waals surface area contributed by atoms with Crippen LogP contribution in [0.5, 0.6) is 5.75 Å². The van der Waals surface area contributed by atoms with Gasteiger partial charge < -0.3 is 15.5 Å². The van der Waals surface area contributed by atoms with Gasteiger partial charge >= 0.3 is 0 Å². The highest BCUT2D eigenvalue weighted by Crippen LogP contribution is 2.30. The normalized spacial score (nSPS) is 12.5. The molecule has 0 aliphatic heterocycles. The summed E-state index contributed by atoms with van der Waals surface area (Å²) in [5.41, 5.74) is 8.70. The maximum Gasteiger partial charge on any atom is 0.128 e. The standard InChI is InChI=1S/C13H17N3O/c1-8(14)13-15-9(2)12(16-13)10-6-4-5-7-11(10)17-3/h4-8H,14H2,1-3H3,(H,15,16). The predicted octanol–water partition coefficient (Wildman–Crippen LogP) is 2.41. The van der Waals surface area contributed by atoms with Gasteiger partial charge in [-0.3, -0.25) is 0 Å². The highest BCUT2D eigenvalue weighted by molar-refractivity contribution is 5.69. The maximum atomic E-state index is 5.82. The van der Waals surface area contributed by atoms with E-state index >= 15 is 0 Å². The van der Waals surface area contributed by atoms with E-state index in [2.05, 4.69) is 9.97 Å². The van der Waals surface area contributed by atoms with Crippen molar-refractivity contribution in [2.24, 2.45) is 5.73 Å². The molecule has 0 amide bonds. The second kappa shape index (κ2) is 4.59.